The Bertz CT molecular complexity index is 589. The Morgan fingerprint density at radius 2 is 1.32 bits per heavy atom. The van der Waals surface area contributed by atoms with Crippen LogP contribution in [0, 0.1) is 0 Å². The summed E-state index contributed by atoms with van der Waals surface area (Å²) < 4.78 is 1.05. The highest BCUT2D eigenvalue weighted by Crippen LogP contribution is 2.37. The summed E-state index contributed by atoms with van der Waals surface area (Å²) in [5.74, 6) is 0.571. The summed E-state index contributed by atoms with van der Waals surface area (Å²) in [7, 11) is 6.86. The molecule has 0 fully saturated rings. The molecule has 0 heterocycles. The van der Waals surface area contributed by atoms with Crippen LogP contribution < -0.4 is 0 Å². The molecule has 1 nitrogen and oxygen atoms in total. The van der Waals surface area contributed by atoms with E-state index in [0.29, 0.717) is 5.92 Å². The molecule has 1 aliphatic rings. The van der Waals surface area contributed by atoms with Gasteiger partial charge in [0.25, 0.3) is 0 Å². The lowest BCUT2D eigenvalue weighted by atomic mass is 9.85. The number of fused-ring (bicyclic) bond motifs is 2. The van der Waals surface area contributed by atoms with Crippen LogP contribution in [0.3, 0.4) is 0 Å². The van der Waals surface area contributed by atoms with E-state index < -0.39 is 0 Å². The molecule has 0 amide bonds. The van der Waals surface area contributed by atoms with E-state index in [0.717, 1.165) is 4.48 Å². The number of hydrogen-bond donors (Lipinski definition) is 0. The van der Waals surface area contributed by atoms with Crippen molar-refractivity contribution in [2.45, 2.75) is 31.6 Å². The van der Waals surface area contributed by atoms with E-state index in [1.165, 1.54) is 32.2 Å². The van der Waals surface area contributed by atoms with Crippen molar-refractivity contribution in [1.29, 1.82) is 0 Å². The molecule has 0 atom stereocenters. The van der Waals surface area contributed by atoms with Gasteiger partial charge >= 0.3 is 0 Å². The fourth-order valence-electron chi connectivity index (χ4n) is 3.72. The molecule has 0 spiro atoms. The van der Waals surface area contributed by atoms with Gasteiger partial charge in [0.2, 0.25) is 0 Å². The van der Waals surface area contributed by atoms with Crippen LogP contribution in [-0.2, 0) is 12.8 Å². The smallest absolute Gasteiger partial charge is 0.0780 e. The van der Waals surface area contributed by atoms with Crippen LogP contribution in [0.2, 0.25) is 0 Å². The third-order valence-corrected chi connectivity index (χ3v) is 4.85. The zero-order valence-corrected chi connectivity index (χ0v) is 14.2. The van der Waals surface area contributed by atoms with Gasteiger partial charge in [0.1, 0.15) is 0 Å². The molecule has 1 heteroatoms. The summed E-state index contributed by atoms with van der Waals surface area (Å²) in [6.07, 6.45) is 4.89. The van der Waals surface area contributed by atoms with Crippen molar-refractivity contribution in [3.05, 3.63) is 70.8 Å². The molecule has 0 unspecified atom stereocenters. The van der Waals surface area contributed by atoms with Gasteiger partial charge in [0, 0.05) is 5.92 Å². The molecule has 116 valence electrons. The largest absolute Gasteiger partial charge is 0.331 e. The van der Waals surface area contributed by atoms with Crippen LogP contribution in [-0.4, -0.2) is 32.2 Å². The van der Waals surface area contributed by atoms with E-state index >= 15 is 0 Å². The molecule has 0 N–H and O–H groups in total. The molecule has 1 aliphatic carbocycles. The number of aryl methyl sites for hydroxylation is 2. The van der Waals surface area contributed by atoms with Gasteiger partial charge in [-0.05, 0) is 47.9 Å². The molecule has 2 aromatic carbocycles. The second kappa shape index (κ2) is 6.26. The van der Waals surface area contributed by atoms with Crippen molar-refractivity contribution >= 4 is 0 Å². The summed E-state index contributed by atoms with van der Waals surface area (Å²) in [6, 6.07) is 18.2. The summed E-state index contributed by atoms with van der Waals surface area (Å²) >= 11 is 0. The summed E-state index contributed by atoms with van der Waals surface area (Å²) in [5, 5.41) is 0. The average Bonchev–Trinajstić information content (AvgIpc) is 2.64. The van der Waals surface area contributed by atoms with E-state index in [1.54, 1.807) is 22.3 Å². The fraction of sp³-hybridized carbons (Fsp3) is 0.429. The maximum atomic E-state index is 2.36. The number of benzene rings is 2. The maximum absolute atomic E-state index is 2.36. The van der Waals surface area contributed by atoms with Crippen LogP contribution in [0.4, 0.5) is 0 Å². The average molecular weight is 294 g/mol. The SMILES string of the molecule is C[N+](C)(C)CCCC1c2ccccc2CCc2ccccc21. The predicted molar refractivity (Wildman–Crippen MR) is 94.3 cm³/mol. The van der Waals surface area contributed by atoms with Crippen molar-refractivity contribution in [1.82, 2.24) is 0 Å². The van der Waals surface area contributed by atoms with Gasteiger partial charge in [0.15, 0.2) is 0 Å². The summed E-state index contributed by atoms with van der Waals surface area (Å²) in [4.78, 5) is 0. The number of hydrogen-bond acceptors (Lipinski definition) is 0. The van der Waals surface area contributed by atoms with Crippen molar-refractivity contribution < 1.29 is 4.48 Å². The molecule has 0 aromatic heterocycles. The molecule has 0 radical (unpaired) electrons. The minimum absolute atomic E-state index is 0.571. The molecule has 0 saturated heterocycles. The monoisotopic (exact) mass is 294 g/mol. The molecule has 0 aliphatic heterocycles. The second-order valence-electron chi connectivity index (χ2n) is 7.61. The summed E-state index contributed by atoms with van der Waals surface area (Å²) in [6.45, 7) is 1.24. The molecule has 22 heavy (non-hydrogen) atoms. The van der Waals surface area contributed by atoms with Gasteiger partial charge in [0.05, 0.1) is 27.7 Å². The minimum Gasteiger partial charge on any atom is -0.331 e. The van der Waals surface area contributed by atoms with Crippen molar-refractivity contribution in [3.8, 4) is 0 Å². The maximum Gasteiger partial charge on any atom is 0.0780 e. The molecule has 2 aromatic rings. The van der Waals surface area contributed by atoms with Gasteiger partial charge in [-0.15, -0.1) is 0 Å². The first-order valence-corrected chi connectivity index (χ1v) is 8.51. The Hall–Kier alpha value is -1.60. The first-order valence-electron chi connectivity index (χ1n) is 8.51. The number of rotatable bonds is 4. The fourth-order valence-corrected chi connectivity index (χ4v) is 3.72. The van der Waals surface area contributed by atoms with E-state index in [1.807, 2.05) is 0 Å². The third-order valence-electron chi connectivity index (χ3n) is 4.85. The standard InChI is InChI=1S/C21H28N/c1-22(2,3)16-8-13-21-19-11-6-4-9-17(19)14-15-18-10-5-7-12-20(18)21/h4-7,9-12,21H,8,13-16H2,1-3H3/q+1. The summed E-state index contributed by atoms with van der Waals surface area (Å²) in [5.41, 5.74) is 6.23. The van der Waals surface area contributed by atoms with Crippen molar-refractivity contribution in [2.24, 2.45) is 0 Å². The van der Waals surface area contributed by atoms with Crippen LogP contribution in [0.15, 0.2) is 48.5 Å². The van der Waals surface area contributed by atoms with Gasteiger partial charge < -0.3 is 4.48 Å². The molecule has 0 bridgehead atoms. The second-order valence-corrected chi connectivity index (χ2v) is 7.61. The van der Waals surface area contributed by atoms with Gasteiger partial charge in [-0.3, -0.25) is 0 Å². The highest BCUT2D eigenvalue weighted by molar-refractivity contribution is 5.44. The Labute approximate surface area is 135 Å². The van der Waals surface area contributed by atoms with E-state index in [4.69, 9.17) is 0 Å². The lowest BCUT2D eigenvalue weighted by Gasteiger charge is -2.26. The Morgan fingerprint density at radius 1 is 0.818 bits per heavy atom. The van der Waals surface area contributed by atoms with Gasteiger partial charge in [-0.1, -0.05) is 48.5 Å². The molecule has 0 saturated carbocycles. The van der Waals surface area contributed by atoms with E-state index in [2.05, 4.69) is 69.7 Å². The Morgan fingerprint density at radius 3 is 1.82 bits per heavy atom. The first-order chi connectivity index (χ1) is 10.5. The van der Waals surface area contributed by atoms with Crippen LogP contribution in [0.5, 0.6) is 0 Å². The van der Waals surface area contributed by atoms with Crippen LogP contribution in [0.25, 0.3) is 0 Å². The van der Waals surface area contributed by atoms with Crippen molar-refractivity contribution in [2.75, 3.05) is 27.7 Å². The first kappa shape index (κ1) is 15.3. The number of nitrogens with zero attached hydrogens (tertiary/aromatic N) is 1. The quantitative estimate of drug-likeness (QED) is 0.733. The highest BCUT2D eigenvalue weighted by Gasteiger charge is 2.23. The van der Waals surface area contributed by atoms with Crippen LogP contribution in [0.1, 0.15) is 41.0 Å². The van der Waals surface area contributed by atoms with Gasteiger partial charge in [-0.2, -0.15) is 0 Å². The zero-order chi connectivity index (χ0) is 15.6. The highest BCUT2D eigenvalue weighted by atomic mass is 15.3. The Balaban J connectivity index is 1.92. The number of quaternary nitrogens is 1. The lowest BCUT2D eigenvalue weighted by molar-refractivity contribution is -0.870. The molecular formula is C21H28N+. The molecule has 3 rings (SSSR count). The Kier molecular flexibility index (Phi) is 4.35. The van der Waals surface area contributed by atoms with Crippen molar-refractivity contribution in [3.63, 3.8) is 0 Å². The topological polar surface area (TPSA) is 0 Å². The predicted octanol–water partition coefficient (Wildman–Crippen LogP) is 4.40. The van der Waals surface area contributed by atoms with E-state index in [-0.39, 0.29) is 0 Å². The normalized spacial score (nSPS) is 15.0. The van der Waals surface area contributed by atoms with Gasteiger partial charge in [-0.25, -0.2) is 0 Å². The van der Waals surface area contributed by atoms with E-state index in [9.17, 15) is 0 Å². The lowest BCUT2D eigenvalue weighted by Crippen LogP contribution is -2.35. The zero-order valence-electron chi connectivity index (χ0n) is 14.2. The molecular weight excluding hydrogens is 266 g/mol. The van der Waals surface area contributed by atoms with Crippen LogP contribution >= 0.6 is 0 Å². The third kappa shape index (κ3) is 3.41. The minimum atomic E-state index is 0.571.